The van der Waals surface area contributed by atoms with Gasteiger partial charge >= 0.3 is 0 Å². The van der Waals surface area contributed by atoms with Gasteiger partial charge in [0.05, 0.1) is 13.2 Å². The van der Waals surface area contributed by atoms with Gasteiger partial charge in [0.15, 0.2) is 0 Å². The minimum absolute atomic E-state index is 0.148. The lowest BCUT2D eigenvalue weighted by molar-refractivity contribution is -0.000819. The first-order chi connectivity index (χ1) is 10.1. The van der Waals surface area contributed by atoms with Crippen LogP contribution in [0.3, 0.4) is 0 Å². The van der Waals surface area contributed by atoms with E-state index in [1.807, 2.05) is 0 Å². The van der Waals surface area contributed by atoms with E-state index in [2.05, 4.69) is 18.7 Å². The molecule has 0 amide bonds. The number of methoxy groups -OCH3 is 2. The summed E-state index contributed by atoms with van der Waals surface area (Å²) in [6, 6.07) is 0. The van der Waals surface area contributed by atoms with Crippen LogP contribution in [-0.2, 0) is 9.47 Å². The summed E-state index contributed by atoms with van der Waals surface area (Å²) in [5, 5.41) is 0. The van der Waals surface area contributed by atoms with Crippen LogP contribution < -0.4 is 5.73 Å². The summed E-state index contributed by atoms with van der Waals surface area (Å²) in [7, 11) is 3.54. The number of hydrogen-bond donors (Lipinski definition) is 1. The van der Waals surface area contributed by atoms with Crippen molar-refractivity contribution < 1.29 is 9.47 Å². The van der Waals surface area contributed by atoms with Gasteiger partial charge < -0.3 is 15.2 Å². The highest BCUT2D eigenvalue weighted by Crippen LogP contribution is 2.39. The molecule has 2 unspecified atom stereocenters. The van der Waals surface area contributed by atoms with Gasteiger partial charge in [-0.25, -0.2) is 0 Å². The SMILES string of the molecule is COCCN(CCOC)C1(CN)CCCC(CC(C)C)C1. The Bertz CT molecular complexity index is 266. The molecule has 0 saturated heterocycles. The fourth-order valence-corrected chi connectivity index (χ4v) is 3.92. The Balaban J connectivity index is 2.75. The van der Waals surface area contributed by atoms with Crippen molar-refractivity contribution in [2.45, 2.75) is 51.5 Å². The Hall–Kier alpha value is -0.160. The Morgan fingerprint density at radius 1 is 1.19 bits per heavy atom. The van der Waals surface area contributed by atoms with Crippen molar-refractivity contribution in [3.05, 3.63) is 0 Å². The monoisotopic (exact) mass is 300 g/mol. The molecule has 1 saturated carbocycles. The van der Waals surface area contributed by atoms with Gasteiger partial charge in [-0.05, 0) is 31.1 Å². The predicted octanol–water partition coefficient (Wildman–Crippen LogP) is 2.51. The van der Waals surface area contributed by atoms with E-state index in [4.69, 9.17) is 15.2 Å². The molecule has 1 aliphatic rings. The van der Waals surface area contributed by atoms with Crippen LogP contribution in [0, 0.1) is 11.8 Å². The quantitative estimate of drug-likeness (QED) is 0.673. The molecule has 1 rings (SSSR count). The molecule has 2 atom stereocenters. The van der Waals surface area contributed by atoms with Gasteiger partial charge in [-0.2, -0.15) is 0 Å². The van der Waals surface area contributed by atoms with Gasteiger partial charge in [-0.15, -0.1) is 0 Å². The average molecular weight is 300 g/mol. The minimum Gasteiger partial charge on any atom is -0.383 e. The fourth-order valence-electron chi connectivity index (χ4n) is 3.92. The summed E-state index contributed by atoms with van der Waals surface area (Å²) in [4.78, 5) is 2.53. The summed E-state index contributed by atoms with van der Waals surface area (Å²) in [6.07, 6.45) is 6.43. The molecule has 4 heteroatoms. The van der Waals surface area contributed by atoms with Crippen LogP contribution in [0.1, 0.15) is 46.0 Å². The zero-order valence-corrected chi connectivity index (χ0v) is 14.6. The summed E-state index contributed by atoms with van der Waals surface area (Å²) in [5.41, 5.74) is 6.40. The molecule has 1 fully saturated rings. The van der Waals surface area contributed by atoms with Gasteiger partial charge in [0.2, 0.25) is 0 Å². The third kappa shape index (κ3) is 5.85. The van der Waals surface area contributed by atoms with Crippen LogP contribution in [0.15, 0.2) is 0 Å². The molecule has 0 aromatic carbocycles. The molecule has 0 spiro atoms. The molecule has 1 aliphatic carbocycles. The van der Waals surface area contributed by atoms with Gasteiger partial charge in [0, 0.05) is 39.4 Å². The molecule has 4 nitrogen and oxygen atoms in total. The van der Waals surface area contributed by atoms with Crippen LogP contribution in [0.5, 0.6) is 0 Å². The highest BCUT2D eigenvalue weighted by atomic mass is 16.5. The molecular formula is C17H36N2O2. The van der Waals surface area contributed by atoms with Gasteiger partial charge in [0.1, 0.15) is 0 Å². The topological polar surface area (TPSA) is 47.7 Å². The summed E-state index contributed by atoms with van der Waals surface area (Å²) in [6.45, 7) is 8.82. The van der Waals surface area contributed by atoms with Gasteiger partial charge in [0.25, 0.3) is 0 Å². The lowest BCUT2D eigenvalue weighted by atomic mass is 9.72. The summed E-state index contributed by atoms with van der Waals surface area (Å²) >= 11 is 0. The van der Waals surface area contributed by atoms with E-state index in [0.717, 1.165) is 44.7 Å². The highest BCUT2D eigenvalue weighted by molar-refractivity contribution is 4.96. The van der Waals surface area contributed by atoms with E-state index < -0.39 is 0 Å². The third-order valence-corrected chi connectivity index (χ3v) is 4.91. The number of hydrogen-bond acceptors (Lipinski definition) is 4. The van der Waals surface area contributed by atoms with Gasteiger partial charge in [-0.3, -0.25) is 4.90 Å². The summed E-state index contributed by atoms with van der Waals surface area (Å²) in [5.74, 6) is 1.59. The standard InChI is InChI=1S/C17H36N2O2/c1-15(2)12-16-6-5-7-17(13-16,14-18)19(8-10-20-3)9-11-21-4/h15-16H,5-14,18H2,1-4H3. The largest absolute Gasteiger partial charge is 0.383 e. The molecule has 21 heavy (non-hydrogen) atoms. The molecule has 126 valence electrons. The summed E-state index contributed by atoms with van der Waals surface area (Å²) < 4.78 is 10.6. The molecule has 0 aromatic rings. The van der Waals surface area contributed by atoms with Crippen molar-refractivity contribution >= 4 is 0 Å². The van der Waals surface area contributed by atoms with Crippen LogP contribution in [0.4, 0.5) is 0 Å². The van der Waals surface area contributed by atoms with Gasteiger partial charge in [-0.1, -0.05) is 26.7 Å². The lowest BCUT2D eigenvalue weighted by Crippen LogP contribution is -2.58. The smallest absolute Gasteiger partial charge is 0.0589 e. The lowest BCUT2D eigenvalue weighted by Gasteiger charge is -2.48. The maximum Gasteiger partial charge on any atom is 0.0589 e. The van der Waals surface area contributed by atoms with Crippen molar-refractivity contribution in [1.82, 2.24) is 4.90 Å². The van der Waals surface area contributed by atoms with E-state index in [1.165, 1.54) is 32.1 Å². The zero-order chi connectivity index (χ0) is 15.7. The Kier molecular flexibility index (Phi) is 8.79. The van der Waals surface area contributed by atoms with E-state index in [-0.39, 0.29) is 5.54 Å². The van der Waals surface area contributed by atoms with Crippen molar-refractivity contribution in [1.29, 1.82) is 0 Å². The van der Waals surface area contributed by atoms with E-state index >= 15 is 0 Å². The Morgan fingerprint density at radius 3 is 2.29 bits per heavy atom. The minimum atomic E-state index is 0.148. The number of nitrogens with zero attached hydrogens (tertiary/aromatic N) is 1. The van der Waals surface area contributed by atoms with Crippen LogP contribution in [-0.4, -0.2) is 57.5 Å². The van der Waals surface area contributed by atoms with Crippen molar-refractivity contribution in [2.24, 2.45) is 17.6 Å². The molecule has 0 heterocycles. The number of rotatable bonds is 10. The van der Waals surface area contributed by atoms with Crippen molar-refractivity contribution in [3.63, 3.8) is 0 Å². The first kappa shape index (κ1) is 18.9. The second-order valence-corrected chi connectivity index (χ2v) is 6.99. The molecule has 0 bridgehead atoms. The van der Waals surface area contributed by atoms with Crippen LogP contribution in [0.25, 0.3) is 0 Å². The molecule has 0 aromatic heterocycles. The maximum absolute atomic E-state index is 6.25. The Morgan fingerprint density at radius 2 is 1.81 bits per heavy atom. The van der Waals surface area contributed by atoms with E-state index in [0.29, 0.717) is 0 Å². The first-order valence-electron chi connectivity index (χ1n) is 8.51. The maximum atomic E-state index is 6.25. The number of nitrogens with two attached hydrogens (primary N) is 1. The molecule has 0 aliphatic heterocycles. The predicted molar refractivity (Wildman–Crippen MR) is 88.5 cm³/mol. The first-order valence-corrected chi connectivity index (χ1v) is 8.51. The third-order valence-electron chi connectivity index (χ3n) is 4.91. The molecule has 2 N–H and O–H groups in total. The second-order valence-electron chi connectivity index (χ2n) is 6.99. The average Bonchev–Trinajstić information content (AvgIpc) is 2.46. The molecule has 0 radical (unpaired) electrons. The highest BCUT2D eigenvalue weighted by Gasteiger charge is 2.39. The number of ether oxygens (including phenoxy) is 2. The molecular weight excluding hydrogens is 264 g/mol. The van der Waals surface area contributed by atoms with Crippen molar-refractivity contribution in [2.75, 3.05) is 47.1 Å². The van der Waals surface area contributed by atoms with Crippen LogP contribution in [0.2, 0.25) is 0 Å². The fraction of sp³-hybridized carbons (Fsp3) is 1.00. The van der Waals surface area contributed by atoms with Crippen molar-refractivity contribution in [3.8, 4) is 0 Å². The van der Waals surface area contributed by atoms with E-state index in [1.54, 1.807) is 14.2 Å². The van der Waals surface area contributed by atoms with E-state index in [9.17, 15) is 0 Å². The van der Waals surface area contributed by atoms with Crippen LogP contribution >= 0.6 is 0 Å². The normalized spacial score (nSPS) is 26.7. The Labute approximate surface area is 131 Å². The zero-order valence-electron chi connectivity index (χ0n) is 14.6. The second kappa shape index (κ2) is 9.78.